The van der Waals surface area contributed by atoms with E-state index < -0.39 is 0 Å². The molecule has 0 bridgehead atoms. The van der Waals surface area contributed by atoms with E-state index in [1.54, 1.807) is 5.57 Å². The fraction of sp³-hybridized carbons (Fsp3) is 0.615. The van der Waals surface area contributed by atoms with Gasteiger partial charge in [0.2, 0.25) is 0 Å². The Labute approximate surface area is 93.2 Å². The second-order valence-electron chi connectivity index (χ2n) is 4.12. The zero-order chi connectivity index (χ0) is 11.1. The third-order valence-electron chi connectivity index (χ3n) is 2.98. The molecule has 84 valence electrons. The van der Waals surface area contributed by atoms with Crippen LogP contribution in [0.15, 0.2) is 28.5 Å². The molecule has 1 atom stereocenters. The van der Waals surface area contributed by atoms with E-state index in [-0.39, 0.29) is 0 Å². The fourth-order valence-electron chi connectivity index (χ4n) is 2.15. The van der Waals surface area contributed by atoms with Crippen molar-refractivity contribution in [1.82, 2.24) is 5.32 Å². The topological polar surface area (TPSA) is 24.4 Å². The highest BCUT2D eigenvalue weighted by atomic mass is 14.8. The Hall–Kier alpha value is -1.05. The molecule has 1 N–H and O–H groups in total. The van der Waals surface area contributed by atoms with Crippen LogP contribution in [-0.2, 0) is 0 Å². The van der Waals surface area contributed by atoms with Crippen LogP contribution in [0.5, 0.6) is 0 Å². The molecule has 0 aromatic heterocycles. The van der Waals surface area contributed by atoms with Crippen molar-refractivity contribution in [2.24, 2.45) is 10.9 Å². The van der Waals surface area contributed by atoms with Crippen molar-refractivity contribution in [2.75, 3.05) is 7.05 Å². The minimum atomic E-state index is 0.666. The zero-order valence-electron chi connectivity index (χ0n) is 9.92. The SMILES string of the molecule is C=N/C(=C\NC)CC1C=C(CC)CCC1. The summed E-state index contributed by atoms with van der Waals surface area (Å²) < 4.78 is 0. The molecule has 0 saturated heterocycles. The zero-order valence-corrected chi connectivity index (χ0v) is 9.92. The summed E-state index contributed by atoms with van der Waals surface area (Å²) in [6.45, 7) is 5.85. The molecule has 0 spiro atoms. The number of rotatable bonds is 5. The fourth-order valence-corrected chi connectivity index (χ4v) is 2.15. The first kappa shape index (κ1) is 12.0. The molecule has 0 amide bonds. The molecule has 2 nitrogen and oxygen atoms in total. The molecule has 2 heteroatoms. The summed E-state index contributed by atoms with van der Waals surface area (Å²) in [5.41, 5.74) is 2.68. The van der Waals surface area contributed by atoms with Crippen molar-refractivity contribution in [3.05, 3.63) is 23.5 Å². The van der Waals surface area contributed by atoms with Crippen molar-refractivity contribution < 1.29 is 0 Å². The van der Waals surface area contributed by atoms with Crippen LogP contribution in [0, 0.1) is 5.92 Å². The molecule has 0 aliphatic heterocycles. The van der Waals surface area contributed by atoms with Gasteiger partial charge in [0.05, 0.1) is 5.70 Å². The van der Waals surface area contributed by atoms with E-state index in [4.69, 9.17) is 0 Å². The van der Waals surface area contributed by atoms with Gasteiger partial charge in [-0.3, -0.25) is 4.99 Å². The van der Waals surface area contributed by atoms with Gasteiger partial charge in [0.15, 0.2) is 0 Å². The molecule has 15 heavy (non-hydrogen) atoms. The number of nitrogens with zero attached hydrogens (tertiary/aromatic N) is 1. The van der Waals surface area contributed by atoms with Crippen LogP contribution in [0.2, 0.25) is 0 Å². The highest BCUT2D eigenvalue weighted by molar-refractivity contribution is 5.29. The van der Waals surface area contributed by atoms with Gasteiger partial charge in [-0.2, -0.15) is 0 Å². The standard InChI is InChI=1S/C13H22N2/c1-4-11-6-5-7-12(8-11)9-13(15-3)10-14-2/h8,10,12,14H,3-7,9H2,1-2H3/b13-10-. The van der Waals surface area contributed by atoms with E-state index in [0.29, 0.717) is 5.92 Å². The lowest BCUT2D eigenvalue weighted by Gasteiger charge is -2.20. The van der Waals surface area contributed by atoms with Crippen LogP contribution in [0.4, 0.5) is 0 Å². The van der Waals surface area contributed by atoms with Gasteiger partial charge < -0.3 is 5.32 Å². The van der Waals surface area contributed by atoms with E-state index >= 15 is 0 Å². The Morgan fingerprint density at radius 2 is 2.53 bits per heavy atom. The molecule has 1 unspecified atom stereocenters. The maximum absolute atomic E-state index is 4.04. The van der Waals surface area contributed by atoms with E-state index in [0.717, 1.165) is 12.1 Å². The molecular weight excluding hydrogens is 184 g/mol. The van der Waals surface area contributed by atoms with Crippen molar-refractivity contribution in [2.45, 2.75) is 39.0 Å². The average molecular weight is 206 g/mol. The Morgan fingerprint density at radius 1 is 1.73 bits per heavy atom. The molecule has 1 aliphatic rings. The van der Waals surface area contributed by atoms with E-state index in [2.05, 4.69) is 30.0 Å². The number of aliphatic imine (C=N–C) groups is 1. The summed E-state index contributed by atoms with van der Waals surface area (Å²) in [7, 11) is 1.90. The highest BCUT2D eigenvalue weighted by Crippen LogP contribution is 2.28. The molecular formula is C13H22N2. The third kappa shape index (κ3) is 3.90. The summed E-state index contributed by atoms with van der Waals surface area (Å²) in [6.07, 6.45) is 10.5. The quantitative estimate of drug-likeness (QED) is 0.542. The lowest BCUT2D eigenvalue weighted by Crippen LogP contribution is -2.06. The van der Waals surface area contributed by atoms with Gasteiger partial charge in [0, 0.05) is 13.2 Å². The van der Waals surface area contributed by atoms with Crippen LogP contribution in [0.25, 0.3) is 0 Å². The smallest absolute Gasteiger partial charge is 0.0558 e. The summed E-state index contributed by atoms with van der Waals surface area (Å²) in [5, 5.41) is 3.02. The maximum Gasteiger partial charge on any atom is 0.0558 e. The van der Waals surface area contributed by atoms with Crippen LogP contribution in [-0.4, -0.2) is 13.8 Å². The minimum absolute atomic E-state index is 0.666. The van der Waals surface area contributed by atoms with Gasteiger partial charge >= 0.3 is 0 Å². The lowest BCUT2D eigenvalue weighted by molar-refractivity contribution is 0.516. The summed E-state index contributed by atoms with van der Waals surface area (Å²) in [5.74, 6) is 0.666. The summed E-state index contributed by atoms with van der Waals surface area (Å²) in [4.78, 5) is 4.04. The van der Waals surface area contributed by atoms with E-state index in [1.165, 1.54) is 25.7 Å². The highest BCUT2D eigenvalue weighted by Gasteiger charge is 2.13. The second-order valence-corrected chi connectivity index (χ2v) is 4.12. The molecule has 1 rings (SSSR count). The third-order valence-corrected chi connectivity index (χ3v) is 2.98. The summed E-state index contributed by atoms with van der Waals surface area (Å²) in [6, 6.07) is 0. The van der Waals surface area contributed by atoms with Crippen LogP contribution < -0.4 is 5.32 Å². The Morgan fingerprint density at radius 3 is 3.13 bits per heavy atom. The Bertz CT molecular complexity index is 264. The van der Waals surface area contributed by atoms with Crippen LogP contribution in [0.3, 0.4) is 0 Å². The van der Waals surface area contributed by atoms with E-state index in [9.17, 15) is 0 Å². The minimum Gasteiger partial charge on any atom is -0.393 e. The average Bonchev–Trinajstić information content (AvgIpc) is 2.29. The van der Waals surface area contributed by atoms with Crippen molar-refractivity contribution in [1.29, 1.82) is 0 Å². The number of hydrogen-bond donors (Lipinski definition) is 1. The largest absolute Gasteiger partial charge is 0.393 e. The molecule has 0 aromatic carbocycles. The normalized spacial score (nSPS) is 22.1. The Balaban J connectivity index is 2.57. The first-order valence-corrected chi connectivity index (χ1v) is 5.82. The van der Waals surface area contributed by atoms with Gasteiger partial charge in [-0.25, -0.2) is 0 Å². The predicted molar refractivity (Wildman–Crippen MR) is 67.0 cm³/mol. The molecule has 0 fully saturated rings. The van der Waals surface area contributed by atoms with Gasteiger partial charge in [0.1, 0.15) is 0 Å². The molecule has 0 heterocycles. The van der Waals surface area contributed by atoms with Gasteiger partial charge in [-0.05, 0) is 44.7 Å². The predicted octanol–water partition coefficient (Wildman–Crippen LogP) is 3.27. The first-order valence-electron chi connectivity index (χ1n) is 5.82. The molecule has 0 radical (unpaired) electrons. The number of nitrogens with one attached hydrogen (secondary N) is 1. The first-order chi connectivity index (χ1) is 7.30. The summed E-state index contributed by atoms with van der Waals surface area (Å²) >= 11 is 0. The Kier molecular flexibility index (Phi) is 5.16. The number of hydrogen-bond acceptors (Lipinski definition) is 2. The lowest BCUT2D eigenvalue weighted by atomic mass is 9.87. The van der Waals surface area contributed by atoms with Crippen molar-refractivity contribution in [3.8, 4) is 0 Å². The van der Waals surface area contributed by atoms with Crippen molar-refractivity contribution in [3.63, 3.8) is 0 Å². The van der Waals surface area contributed by atoms with Gasteiger partial charge in [-0.15, -0.1) is 0 Å². The van der Waals surface area contributed by atoms with Crippen molar-refractivity contribution >= 4 is 6.72 Å². The number of allylic oxidation sites excluding steroid dienone is 3. The van der Waals surface area contributed by atoms with E-state index in [1.807, 2.05) is 13.2 Å². The van der Waals surface area contributed by atoms with Gasteiger partial charge in [-0.1, -0.05) is 18.6 Å². The second kappa shape index (κ2) is 6.44. The van der Waals surface area contributed by atoms with Gasteiger partial charge in [0.25, 0.3) is 0 Å². The monoisotopic (exact) mass is 206 g/mol. The maximum atomic E-state index is 4.04. The molecule has 1 aliphatic carbocycles. The molecule has 0 saturated carbocycles. The van der Waals surface area contributed by atoms with Crippen LogP contribution in [0.1, 0.15) is 39.0 Å². The molecule has 0 aromatic rings. The van der Waals surface area contributed by atoms with Crippen LogP contribution >= 0.6 is 0 Å².